The summed E-state index contributed by atoms with van der Waals surface area (Å²) < 4.78 is 0.960. The molecule has 0 saturated carbocycles. The van der Waals surface area contributed by atoms with Gasteiger partial charge in [0.25, 0.3) is 5.52 Å². The van der Waals surface area contributed by atoms with Crippen molar-refractivity contribution in [2.75, 3.05) is 0 Å². The Morgan fingerprint density at radius 3 is 2.81 bits per heavy atom. The lowest BCUT2D eigenvalue weighted by molar-refractivity contribution is -0.467. The van der Waals surface area contributed by atoms with E-state index in [1.54, 1.807) is 0 Å². The molecule has 5 nitrogen and oxygen atoms in total. The third-order valence-electron chi connectivity index (χ3n) is 2.38. The van der Waals surface area contributed by atoms with Gasteiger partial charge in [-0.1, -0.05) is 11.6 Å². The number of benzene rings is 1. The smallest absolute Gasteiger partial charge is 0.321 e. The average molecular weight is 239 g/mol. The van der Waals surface area contributed by atoms with Crippen LogP contribution in [0.25, 0.3) is 11.0 Å². The Morgan fingerprint density at radius 2 is 2.19 bits per heavy atom. The highest BCUT2D eigenvalue weighted by Crippen LogP contribution is 2.17. The number of aldehydes is 1. The summed E-state index contributed by atoms with van der Waals surface area (Å²) in [6.45, 7) is 1.42. The zero-order valence-corrected chi connectivity index (χ0v) is 9.06. The highest BCUT2D eigenvalue weighted by molar-refractivity contribution is 6.31. The first kappa shape index (κ1) is 10.6. The fourth-order valence-electron chi connectivity index (χ4n) is 1.53. The van der Waals surface area contributed by atoms with E-state index in [4.69, 9.17) is 11.6 Å². The molecule has 2 aromatic rings. The van der Waals surface area contributed by atoms with Gasteiger partial charge in [0, 0.05) is 16.0 Å². The fourth-order valence-corrected chi connectivity index (χ4v) is 1.69. The van der Waals surface area contributed by atoms with Gasteiger partial charge in [-0.05, 0) is 19.1 Å². The highest BCUT2D eigenvalue weighted by atomic mass is 35.5. The SMILES string of the molecule is Cc1c(C=O)[n+](=O)c2cc(Cl)ccc2n1[O-]. The van der Waals surface area contributed by atoms with Crippen molar-refractivity contribution in [1.82, 2.24) is 4.73 Å². The lowest BCUT2D eigenvalue weighted by Crippen LogP contribution is -2.26. The molecule has 0 radical (unpaired) electrons. The van der Waals surface area contributed by atoms with Crippen LogP contribution in [-0.4, -0.2) is 11.0 Å². The number of aromatic nitrogens is 2. The van der Waals surface area contributed by atoms with Gasteiger partial charge in [0.05, 0.1) is 10.1 Å². The van der Waals surface area contributed by atoms with Crippen LogP contribution in [-0.2, 0) is 0 Å². The Bertz CT molecular complexity index is 649. The van der Waals surface area contributed by atoms with Crippen molar-refractivity contribution < 1.29 is 9.22 Å². The largest absolute Gasteiger partial charge is 0.805 e. The molecule has 16 heavy (non-hydrogen) atoms. The van der Waals surface area contributed by atoms with Crippen molar-refractivity contribution >= 4 is 28.9 Å². The number of carbonyl (C=O) groups excluding carboxylic acids is 1. The van der Waals surface area contributed by atoms with Gasteiger partial charge in [-0.25, -0.2) is 0 Å². The van der Waals surface area contributed by atoms with Gasteiger partial charge in [0.15, 0.2) is 0 Å². The first-order valence-corrected chi connectivity index (χ1v) is 4.84. The summed E-state index contributed by atoms with van der Waals surface area (Å²) in [4.78, 5) is 22.5. The third-order valence-corrected chi connectivity index (χ3v) is 2.62. The minimum absolute atomic E-state index is 0.0693. The maximum Gasteiger partial charge on any atom is 0.321 e. The van der Waals surface area contributed by atoms with Crippen molar-refractivity contribution in [2.24, 2.45) is 0 Å². The average Bonchev–Trinajstić information content (AvgIpc) is 2.27. The molecule has 0 atom stereocenters. The van der Waals surface area contributed by atoms with Crippen LogP contribution in [0.3, 0.4) is 0 Å². The molecule has 0 saturated heterocycles. The molecule has 0 spiro atoms. The number of halogens is 1. The molecule has 0 fully saturated rings. The summed E-state index contributed by atoms with van der Waals surface area (Å²) in [5, 5.41) is 12.1. The van der Waals surface area contributed by atoms with Crippen LogP contribution in [0.2, 0.25) is 5.02 Å². The van der Waals surface area contributed by atoms with Gasteiger partial charge in [0.2, 0.25) is 6.29 Å². The number of nitrogens with zero attached hydrogens (tertiary/aromatic N) is 2. The van der Waals surface area contributed by atoms with Crippen molar-refractivity contribution in [3.8, 4) is 0 Å². The standard InChI is InChI=1S/C10H7ClN2O3/c1-6-10(5-14)13(16)9-4-7(11)2-3-8(9)12(6)15/h2-5H,1H3. The van der Waals surface area contributed by atoms with E-state index in [9.17, 15) is 14.9 Å². The van der Waals surface area contributed by atoms with Crippen LogP contribution in [0.4, 0.5) is 0 Å². The van der Waals surface area contributed by atoms with E-state index < -0.39 is 0 Å². The predicted molar refractivity (Wildman–Crippen MR) is 59.2 cm³/mol. The Labute approximate surface area is 95.1 Å². The van der Waals surface area contributed by atoms with Gasteiger partial charge >= 0.3 is 5.69 Å². The van der Waals surface area contributed by atoms with E-state index in [0.717, 1.165) is 0 Å². The van der Waals surface area contributed by atoms with Gasteiger partial charge in [-0.15, -0.1) is 0 Å². The highest BCUT2D eigenvalue weighted by Gasteiger charge is 2.19. The van der Waals surface area contributed by atoms with Crippen LogP contribution in [0, 0.1) is 17.0 Å². The summed E-state index contributed by atoms with van der Waals surface area (Å²) in [5.41, 5.74) is 0.127. The molecule has 1 aromatic heterocycles. The maximum atomic E-state index is 11.8. The van der Waals surface area contributed by atoms with E-state index in [2.05, 4.69) is 0 Å². The first-order valence-electron chi connectivity index (χ1n) is 4.46. The number of fused-ring (bicyclic) bond motifs is 1. The predicted octanol–water partition coefficient (Wildman–Crippen LogP) is 1.68. The fraction of sp³-hybridized carbons (Fsp3) is 0.100. The van der Waals surface area contributed by atoms with Gasteiger partial charge in [-0.2, -0.15) is 0 Å². The molecule has 0 unspecified atom stereocenters. The molecular weight excluding hydrogens is 232 g/mol. The molecule has 82 valence electrons. The second kappa shape index (κ2) is 3.61. The molecule has 6 heteroatoms. The Balaban J connectivity index is 3.08. The quantitative estimate of drug-likeness (QED) is 0.561. The molecule has 0 aliphatic heterocycles. The summed E-state index contributed by atoms with van der Waals surface area (Å²) in [5.74, 6) is 0. The molecule has 0 aliphatic rings. The van der Waals surface area contributed by atoms with Crippen LogP contribution >= 0.6 is 11.6 Å². The number of hydrogen-bond donors (Lipinski definition) is 0. The molecule has 0 aliphatic carbocycles. The molecule has 0 amide bonds. The summed E-state index contributed by atoms with van der Waals surface area (Å²) in [6.07, 6.45) is 0.358. The summed E-state index contributed by atoms with van der Waals surface area (Å²) >= 11 is 5.73. The van der Waals surface area contributed by atoms with Gasteiger partial charge in [0.1, 0.15) is 5.52 Å². The lowest BCUT2D eigenvalue weighted by Gasteiger charge is -2.14. The van der Waals surface area contributed by atoms with E-state index in [0.29, 0.717) is 20.5 Å². The van der Waals surface area contributed by atoms with E-state index >= 15 is 0 Å². The van der Waals surface area contributed by atoms with E-state index in [-0.39, 0.29) is 22.4 Å². The van der Waals surface area contributed by atoms with Crippen LogP contribution < -0.4 is 4.43 Å². The molecule has 0 N–H and O–H groups in total. The van der Waals surface area contributed by atoms with Crippen LogP contribution in [0.1, 0.15) is 16.2 Å². The van der Waals surface area contributed by atoms with Gasteiger partial charge in [-0.3, -0.25) is 4.79 Å². The molecule has 2 rings (SSSR count). The summed E-state index contributed by atoms with van der Waals surface area (Å²) in [6, 6.07) is 4.31. The van der Waals surface area contributed by atoms with Crippen molar-refractivity contribution in [3.63, 3.8) is 0 Å². The van der Waals surface area contributed by atoms with Crippen molar-refractivity contribution in [2.45, 2.75) is 6.92 Å². The molecule has 1 heterocycles. The van der Waals surface area contributed by atoms with Crippen molar-refractivity contribution in [3.05, 3.63) is 44.7 Å². The summed E-state index contributed by atoms with van der Waals surface area (Å²) in [7, 11) is 0. The van der Waals surface area contributed by atoms with Crippen LogP contribution in [0.5, 0.6) is 0 Å². The number of hydrogen-bond acceptors (Lipinski definition) is 3. The minimum atomic E-state index is -0.204. The van der Waals surface area contributed by atoms with E-state index in [1.165, 1.54) is 25.1 Å². The lowest BCUT2D eigenvalue weighted by atomic mass is 10.2. The third kappa shape index (κ3) is 1.37. The first-order chi connectivity index (χ1) is 7.56. The zero-order valence-electron chi connectivity index (χ0n) is 8.31. The maximum absolute atomic E-state index is 11.8. The Kier molecular flexibility index (Phi) is 2.40. The number of rotatable bonds is 1. The van der Waals surface area contributed by atoms with Crippen LogP contribution in [0.15, 0.2) is 18.2 Å². The second-order valence-electron chi connectivity index (χ2n) is 3.31. The van der Waals surface area contributed by atoms with Crippen molar-refractivity contribution in [1.29, 1.82) is 0 Å². The molecule has 1 aromatic carbocycles. The zero-order chi connectivity index (χ0) is 11.9. The monoisotopic (exact) mass is 238 g/mol. The van der Waals surface area contributed by atoms with E-state index in [1.807, 2.05) is 0 Å². The molecule has 0 bridgehead atoms. The number of carbonyl (C=O) groups is 1. The Hall–Kier alpha value is -1.88. The Morgan fingerprint density at radius 1 is 1.50 bits per heavy atom. The normalized spacial score (nSPS) is 10.6. The minimum Gasteiger partial charge on any atom is -0.805 e. The second-order valence-corrected chi connectivity index (χ2v) is 3.75. The topological polar surface area (TPSA) is 68.0 Å². The molecular formula is C10H7ClN2O3. The van der Waals surface area contributed by atoms with Gasteiger partial charge < -0.3 is 9.94 Å².